The molecule has 5 nitrogen and oxygen atoms in total. The number of hydrogen-bond acceptors (Lipinski definition) is 3. The fourth-order valence-corrected chi connectivity index (χ4v) is 3.49. The predicted molar refractivity (Wildman–Crippen MR) is 121 cm³/mol. The van der Waals surface area contributed by atoms with Crippen molar-refractivity contribution in [2.24, 2.45) is 0 Å². The van der Waals surface area contributed by atoms with Crippen LogP contribution < -0.4 is 15.4 Å². The van der Waals surface area contributed by atoms with Gasteiger partial charge in [-0.15, -0.1) is 0 Å². The van der Waals surface area contributed by atoms with Crippen molar-refractivity contribution in [3.05, 3.63) is 87.4 Å². The Bertz CT molecular complexity index is 1080. The number of rotatable bonds is 6. The molecule has 0 aliphatic heterocycles. The molecule has 154 valence electrons. The highest BCUT2D eigenvalue weighted by atomic mass is 35.5. The second-order valence-corrected chi connectivity index (χ2v) is 7.30. The van der Waals surface area contributed by atoms with Gasteiger partial charge >= 0.3 is 0 Å². The van der Waals surface area contributed by atoms with Crippen LogP contribution in [0.5, 0.6) is 5.75 Å². The second kappa shape index (κ2) is 9.65. The number of ether oxygens (including phenoxy) is 1. The van der Waals surface area contributed by atoms with Gasteiger partial charge in [-0.2, -0.15) is 0 Å². The normalized spacial score (nSPS) is 10.4. The minimum Gasteiger partial charge on any atom is -0.497 e. The summed E-state index contributed by atoms with van der Waals surface area (Å²) in [6.07, 6.45) is 0.758. The van der Waals surface area contributed by atoms with Crippen molar-refractivity contribution in [2.75, 3.05) is 17.7 Å². The Hall–Kier alpha value is -3.02. The standard InChI is InChI=1S/C23H20Cl2N2O3/c1-3-14-6-4-5-7-20(14)26-23(29)18-12-16(24)13-19(25)21(18)27-22(28)15-8-10-17(30-2)11-9-15/h4-13H,3H2,1-2H3,(H,26,29)(H,27,28). The zero-order valence-electron chi connectivity index (χ0n) is 16.5. The van der Waals surface area contributed by atoms with Crippen LogP contribution in [0.1, 0.15) is 33.2 Å². The molecule has 2 amide bonds. The summed E-state index contributed by atoms with van der Waals surface area (Å²) in [6, 6.07) is 17.0. The first kappa shape index (κ1) is 21.7. The number of para-hydroxylation sites is 1. The van der Waals surface area contributed by atoms with Crippen molar-refractivity contribution in [1.82, 2.24) is 0 Å². The number of carbonyl (C=O) groups excluding carboxylic acids is 2. The van der Waals surface area contributed by atoms with E-state index in [0.717, 1.165) is 12.0 Å². The van der Waals surface area contributed by atoms with Crippen LogP contribution in [0.25, 0.3) is 0 Å². The van der Waals surface area contributed by atoms with Crippen molar-refractivity contribution in [2.45, 2.75) is 13.3 Å². The van der Waals surface area contributed by atoms with Crippen LogP contribution in [0.15, 0.2) is 60.7 Å². The Morgan fingerprint density at radius 3 is 2.30 bits per heavy atom. The summed E-state index contributed by atoms with van der Waals surface area (Å²) in [5, 5.41) is 6.05. The summed E-state index contributed by atoms with van der Waals surface area (Å²) in [5.41, 5.74) is 2.43. The number of aryl methyl sites for hydroxylation is 1. The number of amides is 2. The molecule has 0 aliphatic rings. The predicted octanol–water partition coefficient (Wildman–Crippen LogP) is 6.07. The van der Waals surface area contributed by atoms with Gasteiger partial charge in [-0.3, -0.25) is 9.59 Å². The maximum Gasteiger partial charge on any atom is 0.257 e. The molecule has 0 aliphatic carbocycles. The molecule has 2 N–H and O–H groups in total. The molecule has 0 heterocycles. The quantitative estimate of drug-likeness (QED) is 0.486. The maximum absolute atomic E-state index is 13.0. The van der Waals surface area contributed by atoms with Gasteiger partial charge in [0.25, 0.3) is 11.8 Å². The van der Waals surface area contributed by atoms with E-state index in [2.05, 4.69) is 10.6 Å². The number of anilines is 2. The highest BCUT2D eigenvalue weighted by molar-refractivity contribution is 6.38. The number of methoxy groups -OCH3 is 1. The first-order chi connectivity index (χ1) is 14.4. The van der Waals surface area contributed by atoms with Crippen molar-refractivity contribution < 1.29 is 14.3 Å². The van der Waals surface area contributed by atoms with Gasteiger partial charge in [0.15, 0.2) is 0 Å². The van der Waals surface area contributed by atoms with Crippen LogP contribution in [0.4, 0.5) is 11.4 Å². The summed E-state index contributed by atoms with van der Waals surface area (Å²) in [6.45, 7) is 2.00. The summed E-state index contributed by atoms with van der Waals surface area (Å²) in [7, 11) is 1.55. The SMILES string of the molecule is CCc1ccccc1NC(=O)c1cc(Cl)cc(Cl)c1NC(=O)c1ccc(OC)cc1. The lowest BCUT2D eigenvalue weighted by Crippen LogP contribution is -2.19. The Morgan fingerprint density at radius 1 is 0.933 bits per heavy atom. The molecule has 0 fully saturated rings. The van der Waals surface area contributed by atoms with E-state index in [4.69, 9.17) is 27.9 Å². The number of halogens is 2. The van der Waals surface area contributed by atoms with Crippen LogP contribution >= 0.6 is 23.2 Å². The van der Waals surface area contributed by atoms with Crippen molar-refractivity contribution >= 4 is 46.4 Å². The van der Waals surface area contributed by atoms with Gasteiger partial charge in [0, 0.05) is 16.3 Å². The third-order valence-electron chi connectivity index (χ3n) is 4.54. The number of hydrogen-bond donors (Lipinski definition) is 2. The number of nitrogens with one attached hydrogen (secondary N) is 2. The van der Waals surface area contributed by atoms with E-state index >= 15 is 0 Å². The molecule has 3 aromatic carbocycles. The van der Waals surface area contributed by atoms with Crippen LogP contribution in [-0.2, 0) is 6.42 Å². The van der Waals surface area contributed by atoms with E-state index in [0.29, 0.717) is 17.0 Å². The lowest BCUT2D eigenvalue weighted by molar-refractivity contribution is 0.102. The molecule has 30 heavy (non-hydrogen) atoms. The zero-order chi connectivity index (χ0) is 21.7. The summed E-state index contributed by atoms with van der Waals surface area (Å²) >= 11 is 12.4. The molecule has 0 saturated carbocycles. The van der Waals surface area contributed by atoms with Crippen molar-refractivity contribution in [1.29, 1.82) is 0 Å². The molecule has 0 unspecified atom stereocenters. The Labute approximate surface area is 185 Å². The van der Waals surface area contributed by atoms with Crippen LogP contribution in [0.2, 0.25) is 10.0 Å². The Balaban J connectivity index is 1.91. The number of carbonyl (C=O) groups is 2. The molecule has 0 atom stereocenters. The minimum atomic E-state index is -0.426. The molecule has 7 heteroatoms. The van der Waals surface area contributed by atoms with Gasteiger partial charge < -0.3 is 15.4 Å². The third kappa shape index (κ3) is 4.93. The molecule has 0 bridgehead atoms. The Kier molecular flexibility index (Phi) is 6.98. The van der Waals surface area contributed by atoms with Gasteiger partial charge in [0.2, 0.25) is 0 Å². The average molecular weight is 443 g/mol. The van der Waals surface area contributed by atoms with E-state index in [1.54, 1.807) is 31.4 Å². The van der Waals surface area contributed by atoms with Gasteiger partial charge in [-0.1, -0.05) is 48.3 Å². The van der Waals surface area contributed by atoms with Gasteiger partial charge in [0.1, 0.15) is 5.75 Å². The first-order valence-corrected chi connectivity index (χ1v) is 10.0. The van der Waals surface area contributed by atoms with Crippen molar-refractivity contribution in [3.63, 3.8) is 0 Å². The van der Waals surface area contributed by atoms with Crippen molar-refractivity contribution in [3.8, 4) is 5.75 Å². The van der Waals surface area contributed by atoms with E-state index in [-0.39, 0.29) is 21.3 Å². The van der Waals surface area contributed by atoms with E-state index in [9.17, 15) is 9.59 Å². The molecule has 0 aromatic heterocycles. The lowest BCUT2D eigenvalue weighted by Gasteiger charge is -2.15. The molecule has 0 saturated heterocycles. The van der Waals surface area contributed by atoms with Crippen LogP contribution in [0.3, 0.4) is 0 Å². The topological polar surface area (TPSA) is 67.4 Å². The van der Waals surface area contributed by atoms with Crippen LogP contribution in [0, 0.1) is 0 Å². The zero-order valence-corrected chi connectivity index (χ0v) is 18.0. The molecule has 3 aromatic rings. The van der Waals surface area contributed by atoms with Gasteiger partial charge in [-0.05, 0) is 54.4 Å². The lowest BCUT2D eigenvalue weighted by atomic mass is 10.1. The highest BCUT2D eigenvalue weighted by Gasteiger charge is 2.19. The van der Waals surface area contributed by atoms with Gasteiger partial charge in [0.05, 0.1) is 23.4 Å². The molecule has 3 rings (SSSR count). The molecular formula is C23H20Cl2N2O3. The molecule has 0 spiro atoms. The molecule has 0 radical (unpaired) electrons. The largest absolute Gasteiger partial charge is 0.497 e. The Morgan fingerprint density at radius 2 is 1.63 bits per heavy atom. The fraction of sp³-hybridized carbons (Fsp3) is 0.130. The summed E-state index contributed by atoms with van der Waals surface area (Å²) in [5.74, 6) is -0.207. The van der Waals surface area contributed by atoms with Crippen LogP contribution in [-0.4, -0.2) is 18.9 Å². The highest BCUT2D eigenvalue weighted by Crippen LogP contribution is 2.32. The fourth-order valence-electron chi connectivity index (χ4n) is 2.95. The maximum atomic E-state index is 13.0. The minimum absolute atomic E-state index is 0.165. The first-order valence-electron chi connectivity index (χ1n) is 9.26. The third-order valence-corrected chi connectivity index (χ3v) is 5.05. The van der Waals surface area contributed by atoms with Gasteiger partial charge in [-0.25, -0.2) is 0 Å². The monoisotopic (exact) mass is 442 g/mol. The summed E-state index contributed by atoms with van der Waals surface area (Å²) < 4.78 is 5.11. The van der Waals surface area contributed by atoms with E-state index in [1.165, 1.54) is 12.1 Å². The van der Waals surface area contributed by atoms with E-state index < -0.39 is 11.8 Å². The van der Waals surface area contributed by atoms with E-state index in [1.807, 2.05) is 31.2 Å². The summed E-state index contributed by atoms with van der Waals surface area (Å²) in [4.78, 5) is 25.7. The smallest absolute Gasteiger partial charge is 0.257 e. The average Bonchev–Trinajstić information content (AvgIpc) is 2.75. The molecular weight excluding hydrogens is 423 g/mol. The second-order valence-electron chi connectivity index (χ2n) is 6.46. The number of benzene rings is 3.